The first-order valence-electron chi connectivity index (χ1n) is 9.85. The Morgan fingerprint density at radius 2 is 1.83 bits per heavy atom. The van der Waals surface area contributed by atoms with Crippen LogP contribution in [0.4, 0.5) is 5.69 Å². The van der Waals surface area contributed by atoms with Crippen molar-refractivity contribution in [3.8, 4) is 11.5 Å². The van der Waals surface area contributed by atoms with Crippen LogP contribution in [-0.2, 0) is 11.3 Å². The molecule has 2 rings (SSSR count). The van der Waals surface area contributed by atoms with Gasteiger partial charge in [0.1, 0.15) is 11.5 Å². The van der Waals surface area contributed by atoms with E-state index in [1.165, 1.54) is 12.1 Å². The second-order valence-electron chi connectivity index (χ2n) is 6.60. The molecule has 2 aromatic carbocycles. The van der Waals surface area contributed by atoms with Crippen LogP contribution in [0, 0.1) is 6.92 Å². The van der Waals surface area contributed by atoms with Gasteiger partial charge >= 0.3 is 0 Å². The monoisotopic (exact) mass is 526 g/mol. The molecule has 2 aromatic rings. The SMILES string of the molecule is CCCOc1cc(C)ccc1CN=C(NCC)NCC(=O)Nc1ccc(O)cc1.I. The van der Waals surface area contributed by atoms with Crippen molar-refractivity contribution >= 4 is 41.5 Å². The Morgan fingerprint density at radius 1 is 1.10 bits per heavy atom. The molecular weight excluding hydrogens is 495 g/mol. The number of carbonyl (C=O) groups is 1. The van der Waals surface area contributed by atoms with Crippen LogP contribution in [0.1, 0.15) is 31.4 Å². The number of aliphatic imine (C=N–C) groups is 1. The maximum atomic E-state index is 12.2. The molecular formula is C22H31IN4O3. The Morgan fingerprint density at radius 3 is 2.50 bits per heavy atom. The molecule has 0 atom stereocenters. The van der Waals surface area contributed by atoms with E-state index >= 15 is 0 Å². The van der Waals surface area contributed by atoms with E-state index in [2.05, 4.69) is 27.9 Å². The van der Waals surface area contributed by atoms with E-state index < -0.39 is 0 Å². The number of aryl methyl sites for hydroxylation is 1. The van der Waals surface area contributed by atoms with Crippen molar-refractivity contribution in [2.24, 2.45) is 4.99 Å². The number of halogens is 1. The van der Waals surface area contributed by atoms with Crippen LogP contribution < -0.4 is 20.7 Å². The zero-order valence-electron chi connectivity index (χ0n) is 17.7. The molecule has 4 N–H and O–H groups in total. The zero-order valence-corrected chi connectivity index (χ0v) is 20.0. The summed E-state index contributed by atoms with van der Waals surface area (Å²) in [5.41, 5.74) is 2.75. The number of hydrogen-bond acceptors (Lipinski definition) is 4. The van der Waals surface area contributed by atoms with Gasteiger partial charge in [-0.25, -0.2) is 4.99 Å². The van der Waals surface area contributed by atoms with E-state index in [9.17, 15) is 9.90 Å². The van der Waals surface area contributed by atoms with Gasteiger partial charge in [-0.05, 0) is 56.2 Å². The molecule has 0 aliphatic carbocycles. The number of phenolic OH excluding ortho intramolecular Hbond substituents is 1. The van der Waals surface area contributed by atoms with Crippen LogP contribution in [0.5, 0.6) is 11.5 Å². The van der Waals surface area contributed by atoms with Crippen molar-refractivity contribution < 1.29 is 14.6 Å². The predicted octanol–water partition coefficient (Wildman–Crippen LogP) is 3.80. The maximum Gasteiger partial charge on any atom is 0.243 e. The third-order valence-electron chi connectivity index (χ3n) is 4.00. The molecule has 0 heterocycles. The number of benzene rings is 2. The fraction of sp³-hybridized carbons (Fsp3) is 0.364. The number of phenols is 1. The quantitative estimate of drug-likeness (QED) is 0.173. The molecule has 1 amide bonds. The number of nitrogens with one attached hydrogen (secondary N) is 3. The molecule has 30 heavy (non-hydrogen) atoms. The normalized spacial score (nSPS) is 10.7. The van der Waals surface area contributed by atoms with Crippen molar-refractivity contribution in [1.29, 1.82) is 0 Å². The molecule has 0 aliphatic rings. The first-order chi connectivity index (χ1) is 14.0. The van der Waals surface area contributed by atoms with E-state index in [1.54, 1.807) is 12.1 Å². The van der Waals surface area contributed by atoms with E-state index in [0.717, 1.165) is 23.3 Å². The number of rotatable bonds is 9. The lowest BCUT2D eigenvalue weighted by Gasteiger charge is -2.13. The molecule has 0 saturated carbocycles. The van der Waals surface area contributed by atoms with Gasteiger partial charge in [-0.15, -0.1) is 24.0 Å². The fourth-order valence-electron chi connectivity index (χ4n) is 2.56. The molecule has 0 spiro atoms. The third kappa shape index (κ3) is 8.89. The van der Waals surface area contributed by atoms with Crippen LogP contribution in [0.2, 0.25) is 0 Å². The van der Waals surface area contributed by atoms with Gasteiger partial charge in [-0.3, -0.25) is 4.79 Å². The molecule has 0 aromatic heterocycles. The lowest BCUT2D eigenvalue weighted by Crippen LogP contribution is -2.41. The van der Waals surface area contributed by atoms with Crippen molar-refractivity contribution in [2.75, 3.05) is 25.0 Å². The van der Waals surface area contributed by atoms with Crippen LogP contribution in [-0.4, -0.2) is 36.7 Å². The van der Waals surface area contributed by atoms with Gasteiger partial charge in [-0.1, -0.05) is 19.1 Å². The Bertz CT molecular complexity index is 826. The van der Waals surface area contributed by atoms with E-state index in [-0.39, 0.29) is 42.2 Å². The van der Waals surface area contributed by atoms with Gasteiger partial charge in [0, 0.05) is 17.8 Å². The zero-order chi connectivity index (χ0) is 21.1. The first-order valence-corrected chi connectivity index (χ1v) is 9.85. The highest BCUT2D eigenvalue weighted by Crippen LogP contribution is 2.21. The number of ether oxygens (including phenoxy) is 1. The van der Waals surface area contributed by atoms with Crippen LogP contribution >= 0.6 is 24.0 Å². The Kier molecular flexibility index (Phi) is 11.7. The molecule has 0 radical (unpaired) electrons. The number of guanidine groups is 1. The van der Waals surface area contributed by atoms with Gasteiger partial charge < -0.3 is 25.8 Å². The number of hydrogen-bond donors (Lipinski definition) is 4. The highest BCUT2D eigenvalue weighted by Gasteiger charge is 2.07. The number of amides is 1. The summed E-state index contributed by atoms with van der Waals surface area (Å²) in [7, 11) is 0. The summed E-state index contributed by atoms with van der Waals surface area (Å²) >= 11 is 0. The topological polar surface area (TPSA) is 95.0 Å². The van der Waals surface area contributed by atoms with Crippen LogP contribution in [0.15, 0.2) is 47.5 Å². The average Bonchev–Trinajstić information content (AvgIpc) is 2.71. The van der Waals surface area contributed by atoms with Crippen molar-refractivity contribution in [3.05, 3.63) is 53.6 Å². The van der Waals surface area contributed by atoms with Gasteiger partial charge in [0.25, 0.3) is 0 Å². The summed E-state index contributed by atoms with van der Waals surface area (Å²) in [6.07, 6.45) is 0.941. The van der Waals surface area contributed by atoms with E-state index in [0.29, 0.717) is 31.3 Å². The summed E-state index contributed by atoms with van der Waals surface area (Å²) in [5.74, 6) is 1.34. The molecule has 0 saturated heterocycles. The minimum Gasteiger partial charge on any atom is -0.508 e. The Hall–Kier alpha value is -2.49. The molecule has 7 nitrogen and oxygen atoms in total. The number of nitrogens with zero attached hydrogens (tertiary/aromatic N) is 1. The Balaban J connectivity index is 0.00000450. The minimum atomic E-state index is -0.205. The maximum absolute atomic E-state index is 12.2. The summed E-state index contributed by atoms with van der Waals surface area (Å²) < 4.78 is 5.84. The summed E-state index contributed by atoms with van der Waals surface area (Å²) in [4.78, 5) is 16.7. The lowest BCUT2D eigenvalue weighted by molar-refractivity contribution is -0.115. The van der Waals surface area contributed by atoms with Crippen molar-refractivity contribution in [1.82, 2.24) is 10.6 Å². The summed E-state index contributed by atoms with van der Waals surface area (Å²) in [6.45, 7) is 7.92. The highest BCUT2D eigenvalue weighted by atomic mass is 127. The van der Waals surface area contributed by atoms with Crippen molar-refractivity contribution in [3.63, 3.8) is 0 Å². The largest absolute Gasteiger partial charge is 0.508 e. The molecule has 164 valence electrons. The Labute approximate surface area is 195 Å². The van der Waals surface area contributed by atoms with Gasteiger partial charge in [0.15, 0.2) is 5.96 Å². The second kappa shape index (κ2) is 13.7. The molecule has 0 bridgehead atoms. The van der Waals surface area contributed by atoms with Gasteiger partial charge in [-0.2, -0.15) is 0 Å². The predicted molar refractivity (Wildman–Crippen MR) is 132 cm³/mol. The number of carbonyl (C=O) groups excluding carboxylic acids is 1. The smallest absolute Gasteiger partial charge is 0.243 e. The second-order valence-corrected chi connectivity index (χ2v) is 6.60. The number of anilines is 1. The summed E-state index contributed by atoms with van der Waals surface area (Å²) in [6, 6.07) is 12.4. The molecule has 0 aliphatic heterocycles. The van der Waals surface area contributed by atoms with Crippen LogP contribution in [0.25, 0.3) is 0 Å². The molecule has 8 heteroatoms. The fourth-order valence-corrected chi connectivity index (χ4v) is 2.56. The molecule has 0 fully saturated rings. The number of aromatic hydroxyl groups is 1. The van der Waals surface area contributed by atoms with Gasteiger partial charge in [0.2, 0.25) is 5.91 Å². The average molecular weight is 526 g/mol. The highest BCUT2D eigenvalue weighted by molar-refractivity contribution is 14.0. The van der Waals surface area contributed by atoms with E-state index in [1.807, 2.05) is 32.0 Å². The van der Waals surface area contributed by atoms with E-state index in [4.69, 9.17) is 4.74 Å². The van der Waals surface area contributed by atoms with Crippen molar-refractivity contribution in [2.45, 2.75) is 33.7 Å². The molecule has 0 unspecified atom stereocenters. The lowest BCUT2D eigenvalue weighted by atomic mass is 10.1. The standard InChI is InChI=1S/C22H30N4O3.HI/c1-4-12-29-20-13-16(3)6-7-17(20)14-24-22(23-5-2)25-15-21(28)26-18-8-10-19(27)11-9-18;/h6-11,13,27H,4-5,12,14-15H2,1-3H3,(H,26,28)(H2,23,24,25);1H. The summed E-state index contributed by atoms with van der Waals surface area (Å²) in [5, 5.41) is 18.2. The van der Waals surface area contributed by atoms with Gasteiger partial charge in [0.05, 0.1) is 19.7 Å². The van der Waals surface area contributed by atoms with Crippen LogP contribution in [0.3, 0.4) is 0 Å². The third-order valence-corrected chi connectivity index (χ3v) is 4.00. The first kappa shape index (κ1) is 25.5. The minimum absolute atomic E-state index is 0.